The van der Waals surface area contributed by atoms with Crippen LogP contribution in [0.3, 0.4) is 0 Å². The Hall–Kier alpha value is -1.14. The predicted octanol–water partition coefficient (Wildman–Crippen LogP) is 1.88. The van der Waals surface area contributed by atoms with Crippen LogP contribution in [0, 0.1) is 11.8 Å². The third kappa shape index (κ3) is 4.97. The minimum absolute atomic E-state index is 0.303. The Bertz CT molecular complexity index is 464. The molecule has 0 spiro atoms. The normalized spacial score (nSPS) is 22.9. The van der Waals surface area contributed by atoms with Crippen LogP contribution in [0.1, 0.15) is 79.1 Å². The molecule has 6 heteroatoms. The molecule has 2 saturated carbocycles. The maximum atomic E-state index is 12.5. The predicted molar refractivity (Wildman–Crippen MR) is 100 cm³/mol. The molecule has 6 nitrogen and oxygen atoms in total. The fourth-order valence-corrected chi connectivity index (χ4v) is 3.99. The molecule has 2 rings (SSSR count). The van der Waals surface area contributed by atoms with Crippen LogP contribution in [-0.4, -0.2) is 45.3 Å². The standard InChI is InChI=1S/C20H36N2O4/c1-13(2)11-15(19(25)7-5-8-19)21-17(23)18(24)22-16(12-14(3)4)20(26)9-6-10-20/h13-16,25-26H,5-12H2,1-4H3,(H,21,23)(H,22,24)/t15-,16-/m1/s1. The van der Waals surface area contributed by atoms with Crippen molar-refractivity contribution in [3.05, 3.63) is 0 Å². The second kappa shape index (κ2) is 8.26. The van der Waals surface area contributed by atoms with Crippen molar-refractivity contribution in [2.45, 2.75) is 102 Å². The van der Waals surface area contributed by atoms with Gasteiger partial charge in [0.25, 0.3) is 0 Å². The summed E-state index contributed by atoms with van der Waals surface area (Å²) < 4.78 is 0. The Kier molecular flexibility index (Phi) is 6.72. The van der Waals surface area contributed by atoms with Gasteiger partial charge < -0.3 is 20.8 Å². The SMILES string of the molecule is CC(C)C[C@@H](NC(=O)C(=O)N[C@H](CC(C)C)C1(O)CCC1)C1(O)CCC1. The van der Waals surface area contributed by atoms with Gasteiger partial charge in [-0.05, 0) is 63.2 Å². The molecule has 0 aliphatic heterocycles. The van der Waals surface area contributed by atoms with Gasteiger partial charge in [0.2, 0.25) is 0 Å². The Labute approximate surface area is 157 Å². The molecule has 0 aromatic rings. The molecule has 0 aromatic carbocycles. The first kappa shape index (κ1) is 21.2. The van der Waals surface area contributed by atoms with Crippen molar-refractivity contribution in [1.82, 2.24) is 10.6 Å². The number of carbonyl (C=O) groups excluding carboxylic acids is 2. The molecule has 2 aliphatic carbocycles. The molecular weight excluding hydrogens is 332 g/mol. The third-order valence-corrected chi connectivity index (χ3v) is 5.97. The molecule has 0 aromatic heterocycles. The first-order valence-corrected chi connectivity index (χ1v) is 10.1. The molecule has 150 valence electrons. The topological polar surface area (TPSA) is 98.7 Å². The highest BCUT2D eigenvalue weighted by Gasteiger charge is 2.45. The van der Waals surface area contributed by atoms with Crippen molar-refractivity contribution in [1.29, 1.82) is 0 Å². The van der Waals surface area contributed by atoms with E-state index in [2.05, 4.69) is 10.6 Å². The minimum atomic E-state index is -0.899. The van der Waals surface area contributed by atoms with E-state index < -0.39 is 35.1 Å². The van der Waals surface area contributed by atoms with Gasteiger partial charge in [0.15, 0.2) is 0 Å². The summed E-state index contributed by atoms with van der Waals surface area (Å²) in [5, 5.41) is 26.8. The summed E-state index contributed by atoms with van der Waals surface area (Å²) in [6, 6.07) is -0.824. The first-order chi connectivity index (χ1) is 12.1. The minimum Gasteiger partial charge on any atom is -0.388 e. The van der Waals surface area contributed by atoms with Crippen LogP contribution >= 0.6 is 0 Å². The number of hydrogen-bond acceptors (Lipinski definition) is 4. The Morgan fingerprint density at radius 3 is 1.27 bits per heavy atom. The van der Waals surface area contributed by atoms with E-state index in [1.807, 2.05) is 27.7 Å². The van der Waals surface area contributed by atoms with Crippen molar-refractivity contribution < 1.29 is 19.8 Å². The lowest BCUT2D eigenvalue weighted by atomic mass is 9.72. The summed E-state index contributed by atoms with van der Waals surface area (Å²) in [5.41, 5.74) is -1.80. The van der Waals surface area contributed by atoms with E-state index in [9.17, 15) is 19.8 Å². The molecule has 0 bridgehead atoms. The average Bonchev–Trinajstić information content (AvgIpc) is 2.47. The van der Waals surface area contributed by atoms with Crippen molar-refractivity contribution >= 4 is 11.8 Å². The molecule has 2 atom stereocenters. The number of hydrogen-bond donors (Lipinski definition) is 4. The molecule has 4 N–H and O–H groups in total. The van der Waals surface area contributed by atoms with Crippen molar-refractivity contribution in [3.8, 4) is 0 Å². The molecule has 0 heterocycles. The van der Waals surface area contributed by atoms with Crippen molar-refractivity contribution in [2.24, 2.45) is 11.8 Å². The van der Waals surface area contributed by atoms with Crippen LogP contribution < -0.4 is 10.6 Å². The van der Waals surface area contributed by atoms with Crippen LogP contribution in [0.5, 0.6) is 0 Å². The summed E-state index contributed by atoms with van der Waals surface area (Å²) >= 11 is 0. The van der Waals surface area contributed by atoms with Crippen LogP contribution in [0.2, 0.25) is 0 Å². The van der Waals surface area contributed by atoms with E-state index in [1.165, 1.54) is 0 Å². The second-order valence-electron chi connectivity index (χ2n) is 9.23. The lowest BCUT2D eigenvalue weighted by Gasteiger charge is -2.45. The van der Waals surface area contributed by atoms with E-state index in [0.29, 0.717) is 50.4 Å². The zero-order valence-corrected chi connectivity index (χ0v) is 16.7. The zero-order chi connectivity index (χ0) is 19.5. The number of aliphatic hydroxyl groups is 2. The van der Waals surface area contributed by atoms with Gasteiger partial charge in [-0.25, -0.2) is 0 Å². The number of amides is 2. The van der Waals surface area contributed by atoms with Gasteiger partial charge in [0.05, 0.1) is 23.3 Å². The molecule has 26 heavy (non-hydrogen) atoms. The van der Waals surface area contributed by atoms with E-state index in [4.69, 9.17) is 0 Å². The Balaban J connectivity index is 1.98. The highest BCUT2D eigenvalue weighted by atomic mass is 16.3. The zero-order valence-electron chi connectivity index (χ0n) is 16.7. The Morgan fingerprint density at radius 1 is 0.769 bits per heavy atom. The molecule has 2 aliphatic rings. The van der Waals surface area contributed by atoms with Gasteiger partial charge in [0.1, 0.15) is 0 Å². The van der Waals surface area contributed by atoms with Crippen molar-refractivity contribution in [2.75, 3.05) is 0 Å². The molecular formula is C20H36N2O4. The van der Waals surface area contributed by atoms with Gasteiger partial charge in [0, 0.05) is 0 Å². The van der Waals surface area contributed by atoms with Crippen molar-refractivity contribution in [3.63, 3.8) is 0 Å². The van der Waals surface area contributed by atoms with Gasteiger partial charge in [-0.3, -0.25) is 9.59 Å². The van der Waals surface area contributed by atoms with Gasteiger partial charge in [-0.2, -0.15) is 0 Å². The maximum absolute atomic E-state index is 12.5. The molecule has 2 amide bonds. The largest absolute Gasteiger partial charge is 0.388 e. The smallest absolute Gasteiger partial charge is 0.309 e. The number of nitrogens with one attached hydrogen (secondary N) is 2. The summed E-state index contributed by atoms with van der Waals surface area (Å²) in [6.07, 6.45) is 5.77. The maximum Gasteiger partial charge on any atom is 0.309 e. The highest BCUT2D eigenvalue weighted by Crippen LogP contribution is 2.38. The average molecular weight is 369 g/mol. The highest BCUT2D eigenvalue weighted by molar-refractivity contribution is 6.35. The summed E-state index contributed by atoms with van der Waals surface area (Å²) in [5.74, 6) is -0.824. The third-order valence-electron chi connectivity index (χ3n) is 5.97. The van der Waals surface area contributed by atoms with E-state index >= 15 is 0 Å². The molecule has 2 fully saturated rings. The number of carbonyl (C=O) groups is 2. The second-order valence-corrected chi connectivity index (χ2v) is 9.23. The monoisotopic (exact) mass is 368 g/mol. The van der Waals surface area contributed by atoms with Crippen LogP contribution in [0.15, 0.2) is 0 Å². The lowest BCUT2D eigenvalue weighted by molar-refractivity contribution is -0.145. The van der Waals surface area contributed by atoms with E-state index in [-0.39, 0.29) is 0 Å². The van der Waals surface area contributed by atoms with E-state index in [0.717, 1.165) is 12.8 Å². The fourth-order valence-electron chi connectivity index (χ4n) is 3.99. The van der Waals surface area contributed by atoms with Crippen LogP contribution in [-0.2, 0) is 9.59 Å². The van der Waals surface area contributed by atoms with Gasteiger partial charge in [-0.1, -0.05) is 27.7 Å². The molecule has 0 radical (unpaired) electrons. The molecule has 0 unspecified atom stereocenters. The number of rotatable bonds is 8. The summed E-state index contributed by atoms with van der Waals surface area (Å²) in [4.78, 5) is 24.9. The summed E-state index contributed by atoms with van der Waals surface area (Å²) in [6.45, 7) is 8.14. The van der Waals surface area contributed by atoms with Crippen LogP contribution in [0.25, 0.3) is 0 Å². The quantitative estimate of drug-likeness (QED) is 0.492. The fraction of sp³-hybridized carbons (Fsp3) is 0.900. The first-order valence-electron chi connectivity index (χ1n) is 10.1. The van der Waals surface area contributed by atoms with Crippen LogP contribution in [0.4, 0.5) is 0 Å². The lowest BCUT2D eigenvalue weighted by Crippen LogP contribution is -2.62. The van der Waals surface area contributed by atoms with Gasteiger partial charge >= 0.3 is 11.8 Å². The molecule has 0 saturated heterocycles. The Morgan fingerprint density at radius 2 is 1.08 bits per heavy atom. The van der Waals surface area contributed by atoms with E-state index in [1.54, 1.807) is 0 Å². The summed E-state index contributed by atoms with van der Waals surface area (Å²) in [7, 11) is 0. The van der Waals surface area contributed by atoms with Gasteiger partial charge in [-0.15, -0.1) is 0 Å².